The average molecular weight is 277 g/mol. The Morgan fingerprint density at radius 2 is 1.80 bits per heavy atom. The molecule has 1 aliphatic rings. The lowest BCUT2D eigenvalue weighted by atomic mass is 9.94. The van der Waals surface area contributed by atoms with Gasteiger partial charge in [-0.05, 0) is 31.4 Å². The van der Waals surface area contributed by atoms with Crippen molar-refractivity contribution >= 4 is 0 Å². The van der Waals surface area contributed by atoms with Gasteiger partial charge in [-0.25, -0.2) is 0 Å². The Kier molecular flexibility index (Phi) is 6.89. The Morgan fingerprint density at radius 1 is 1.05 bits per heavy atom. The highest BCUT2D eigenvalue weighted by Crippen LogP contribution is 2.22. The minimum atomic E-state index is 0.260. The minimum absolute atomic E-state index is 0.260. The Hall–Kier alpha value is -1.06. The van der Waals surface area contributed by atoms with Crippen LogP contribution in [0.1, 0.15) is 38.5 Å². The Labute approximate surface area is 122 Å². The van der Waals surface area contributed by atoms with Gasteiger partial charge >= 0.3 is 0 Å². The third kappa shape index (κ3) is 5.14. The first kappa shape index (κ1) is 15.3. The van der Waals surface area contributed by atoms with Gasteiger partial charge in [0.05, 0.1) is 13.2 Å². The van der Waals surface area contributed by atoms with Crippen molar-refractivity contribution in [2.24, 2.45) is 0 Å². The summed E-state index contributed by atoms with van der Waals surface area (Å²) in [6, 6.07) is 10.6. The van der Waals surface area contributed by atoms with E-state index in [4.69, 9.17) is 4.74 Å². The van der Waals surface area contributed by atoms with Crippen LogP contribution in [0.4, 0.5) is 0 Å². The molecule has 1 N–H and O–H groups in total. The van der Waals surface area contributed by atoms with E-state index in [0.717, 1.165) is 31.9 Å². The van der Waals surface area contributed by atoms with Crippen LogP contribution in [0.2, 0.25) is 0 Å². The first-order valence-electron chi connectivity index (χ1n) is 7.93. The van der Waals surface area contributed by atoms with Crippen LogP contribution in [0.15, 0.2) is 30.3 Å². The third-order valence-corrected chi connectivity index (χ3v) is 4.08. The van der Waals surface area contributed by atoms with Gasteiger partial charge in [-0.15, -0.1) is 0 Å². The molecule has 0 saturated heterocycles. The highest BCUT2D eigenvalue weighted by atomic mass is 16.5. The number of hydrogen-bond donors (Lipinski definition) is 1. The van der Waals surface area contributed by atoms with Crippen molar-refractivity contribution < 1.29 is 9.84 Å². The van der Waals surface area contributed by atoms with Crippen molar-refractivity contribution in [1.29, 1.82) is 0 Å². The number of rotatable bonds is 8. The average Bonchev–Trinajstić information content (AvgIpc) is 2.52. The van der Waals surface area contributed by atoms with Crippen LogP contribution in [-0.2, 0) is 0 Å². The first-order chi connectivity index (χ1) is 9.90. The quantitative estimate of drug-likeness (QED) is 0.741. The predicted octanol–water partition coefficient (Wildman–Crippen LogP) is 3.08. The van der Waals surface area contributed by atoms with E-state index < -0.39 is 0 Å². The molecule has 1 aromatic rings. The van der Waals surface area contributed by atoms with E-state index in [1.54, 1.807) is 0 Å². The molecule has 2 rings (SSSR count). The highest BCUT2D eigenvalue weighted by molar-refractivity contribution is 5.20. The van der Waals surface area contributed by atoms with Gasteiger partial charge in [0.25, 0.3) is 0 Å². The van der Waals surface area contributed by atoms with Gasteiger partial charge in [0.2, 0.25) is 0 Å². The Morgan fingerprint density at radius 3 is 2.50 bits per heavy atom. The zero-order valence-corrected chi connectivity index (χ0v) is 12.3. The molecule has 0 aromatic heterocycles. The summed E-state index contributed by atoms with van der Waals surface area (Å²) < 4.78 is 5.73. The van der Waals surface area contributed by atoms with Crippen molar-refractivity contribution in [3.05, 3.63) is 30.3 Å². The molecular formula is C17H27NO2. The summed E-state index contributed by atoms with van der Waals surface area (Å²) in [5, 5.41) is 9.23. The van der Waals surface area contributed by atoms with Crippen LogP contribution in [0.3, 0.4) is 0 Å². The molecule has 20 heavy (non-hydrogen) atoms. The van der Waals surface area contributed by atoms with E-state index in [1.807, 2.05) is 30.3 Å². The molecule has 0 amide bonds. The Bertz CT molecular complexity index is 349. The van der Waals surface area contributed by atoms with E-state index in [0.29, 0.717) is 6.04 Å². The number of aliphatic hydroxyl groups is 1. The number of hydrogen-bond acceptors (Lipinski definition) is 3. The number of benzene rings is 1. The maximum absolute atomic E-state index is 9.23. The van der Waals surface area contributed by atoms with Crippen LogP contribution in [-0.4, -0.2) is 42.4 Å². The summed E-state index contributed by atoms with van der Waals surface area (Å²) in [7, 11) is 0. The van der Waals surface area contributed by atoms with E-state index in [1.165, 1.54) is 32.1 Å². The minimum Gasteiger partial charge on any atom is -0.494 e. The second-order valence-corrected chi connectivity index (χ2v) is 5.57. The third-order valence-electron chi connectivity index (χ3n) is 4.08. The maximum Gasteiger partial charge on any atom is 0.119 e. The molecule has 1 aromatic carbocycles. The molecule has 112 valence electrons. The van der Waals surface area contributed by atoms with Crippen molar-refractivity contribution in [3.8, 4) is 5.75 Å². The fourth-order valence-electron chi connectivity index (χ4n) is 3.03. The standard InChI is InChI=1S/C17H27NO2/c19-14-13-18(16-8-3-1-4-9-16)12-7-15-20-17-10-5-2-6-11-17/h2,5-6,10-11,16,19H,1,3-4,7-9,12-15H2. The van der Waals surface area contributed by atoms with Crippen LogP contribution < -0.4 is 4.74 Å². The van der Waals surface area contributed by atoms with Crippen LogP contribution in [0.5, 0.6) is 5.75 Å². The number of nitrogens with zero attached hydrogens (tertiary/aromatic N) is 1. The van der Waals surface area contributed by atoms with Crippen molar-refractivity contribution in [3.63, 3.8) is 0 Å². The molecule has 0 bridgehead atoms. The van der Waals surface area contributed by atoms with Gasteiger partial charge in [-0.2, -0.15) is 0 Å². The van der Waals surface area contributed by atoms with Crippen molar-refractivity contribution in [2.75, 3.05) is 26.3 Å². The van der Waals surface area contributed by atoms with Gasteiger partial charge in [-0.3, -0.25) is 4.90 Å². The molecule has 3 nitrogen and oxygen atoms in total. The van der Waals surface area contributed by atoms with Gasteiger partial charge in [0, 0.05) is 19.1 Å². The van der Waals surface area contributed by atoms with Crippen molar-refractivity contribution in [1.82, 2.24) is 4.90 Å². The molecule has 3 heteroatoms. The normalized spacial score (nSPS) is 16.5. The summed E-state index contributed by atoms with van der Waals surface area (Å²) in [5.41, 5.74) is 0. The monoisotopic (exact) mass is 277 g/mol. The Balaban J connectivity index is 1.69. The molecule has 0 aliphatic heterocycles. The largest absolute Gasteiger partial charge is 0.494 e. The van der Waals surface area contributed by atoms with Crippen LogP contribution in [0, 0.1) is 0 Å². The number of aliphatic hydroxyl groups excluding tert-OH is 1. The second kappa shape index (κ2) is 8.98. The molecule has 0 heterocycles. The zero-order valence-electron chi connectivity index (χ0n) is 12.3. The SMILES string of the molecule is OCCN(CCCOc1ccccc1)C1CCCCC1. The molecule has 1 aliphatic carbocycles. The molecule has 0 spiro atoms. The summed E-state index contributed by atoms with van der Waals surface area (Å²) in [4.78, 5) is 2.45. The van der Waals surface area contributed by atoms with E-state index in [9.17, 15) is 5.11 Å². The lowest BCUT2D eigenvalue weighted by Crippen LogP contribution is -2.39. The zero-order chi connectivity index (χ0) is 14.0. The smallest absolute Gasteiger partial charge is 0.119 e. The van der Waals surface area contributed by atoms with Crippen LogP contribution in [0.25, 0.3) is 0 Å². The van der Waals surface area contributed by atoms with Gasteiger partial charge in [-0.1, -0.05) is 37.5 Å². The van der Waals surface area contributed by atoms with Gasteiger partial charge < -0.3 is 9.84 Å². The second-order valence-electron chi connectivity index (χ2n) is 5.57. The first-order valence-corrected chi connectivity index (χ1v) is 7.93. The summed E-state index contributed by atoms with van der Waals surface area (Å²) in [5.74, 6) is 0.943. The molecule has 0 radical (unpaired) electrons. The molecule has 1 saturated carbocycles. The molecule has 0 unspecified atom stereocenters. The van der Waals surface area contributed by atoms with Crippen molar-refractivity contribution in [2.45, 2.75) is 44.6 Å². The van der Waals surface area contributed by atoms with E-state index in [2.05, 4.69) is 4.90 Å². The summed E-state index contributed by atoms with van der Waals surface area (Å²) >= 11 is 0. The predicted molar refractivity (Wildman–Crippen MR) is 82.1 cm³/mol. The highest BCUT2D eigenvalue weighted by Gasteiger charge is 2.20. The van der Waals surface area contributed by atoms with E-state index in [-0.39, 0.29) is 6.61 Å². The molecular weight excluding hydrogens is 250 g/mol. The van der Waals surface area contributed by atoms with Crippen LogP contribution >= 0.6 is 0 Å². The summed E-state index contributed by atoms with van der Waals surface area (Å²) in [6.45, 7) is 2.84. The number of ether oxygens (including phenoxy) is 1. The molecule has 1 fully saturated rings. The maximum atomic E-state index is 9.23. The topological polar surface area (TPSA) is 32.7 Å². The number of para-hydroxylation sites is 1. The lowest BCUT2D eigenvalue weighted by Gasteiger charge is -2.33. The fourth-order valence-corrected chi connectivity index (χ4v) is 3.03. The lowest BCUT2D eigenvalue weighted by molar-refractivity contribution is 0.116. The molecule has 0 atom stereocenters. The van der Waals surface area contributed by atoms with Gasteiger partial charge in [0.1, 0.15) is 5.75 Å². The van der Waals surface area contributed by atoms with E-state index >= 15 is 0 Å². The van der Waals surface area contributed by atoms with Gasteiger partial charge in [0.15, 0.2) is 0 Å². The summed E-state index contributed by atoms with van der Waals surface area (Å²) in [6.07, 6.45) is 7.66. The fraction of sp³-hybridized carbons (Fsp3) is 0.647.